The average Bonchev–Trinajstić information content (AvgIpc) is 2.68. The molecule has 0 radical (unpaired) electrons. The highest BCUT2D eigenvalue weighted by molar-refractivity contribution is 5.94. The van der Waals surface area contributed by atoms with Gasteiger partial charge in [0.15, 0.2) is 29.1 Å². The minimum absolute atomic E-state index is 0.326. The smallest absolute Gasteiger partial charge is 0.265 e. The number of hydrogen-bond acceptors (Lipinski definition) is 6. The summed E-state index contributed by atoms with van der Waals surface area (Å²) in [7, 11) is 1.48. The molecule has 0 unspecified atom stereocenters. The number of amides is 1. The standard InChI is InChI=1S/C19H18N2O5/c1-12(26-16-5-3-13(11-20)9-17(16)23-2)19(22)21-14-4-6-15-18(10-14)25-8-7-24-15/h3-6,9-10,12H,7-8H2,1-2H3,(H,21,22)/t12-/m0/s1. The van der Waals surface area contributed by atoms with Crippen LogP contribution in [0.25, 0.3) is 0 Å². The lowest BCUT2D eigenvalue weighted by molar-refractivity contribution is -0.122. The number of carbonyl (C=O) groups is 1. The summed E-state index contributed by atoms with van der Waals surface area (Å²) in [6, 6.07) is 12.0. The van der Waals surface area contributed by atoms with Crippen LogP contribution in [0.3, 0.4) is 0 Å². The number of nitrogens with one attached hydrogen (secondary N) is 1. The topological polar surface area (TPSA) is 89.8 Å². The average molecular weight is 354 g/mol. The number of nitriles is 1. The summed E-state index contributed by atoms with van der Waals surface area (Å²) < 4.78 is 21.8. The largest absolute Gasteiger partial charge is 0.493 e. The predicted octanol–water partition coefficient (Wildman–Crippen LogP) is 2.74. The van der Waals surface area contributed by atoms with E-state index in [0.717, 1.165) is 0 Å². The van der Waals surface area contributed by atoms with Gasteiger partial charge < -0.3 is 24.3 Å². The molecule has 1 atom stereocenters. The number of nitrogens with zero attached hydrogens (tertiary/aromatic N) is 1. The lowest BCUT2D eigenvalue weighted by Crippen LogP contribution is -2.30. The van der Waals surface area contributed by atoms with Crippen molar-refractivity contribution in [2.75, 3.05) is 25.6 Å². The first kappa shape index (κ1) is 17.4. The van der Waals surface area contributed by atoms with Crippen LogP contribution in [-0.2, 0) is 4.79 Å². The Bertz CT molecular complexity index is 859. The van der Waals surface area contributed by atoms with E-state index in [4.69, 9.17) is 24.2 Å². The van der Waals surface area contributed by atoms with Crippen molar-refractivity contribution in [2.24, 2.45) is 0 Å². The number of carbonyl (C=O) groups excluding carboxylic acids is 1. The highest BCUT2D eigenvalue weighted by Crippen LogP contribution is 2.33. The summed E-state index contributed by atoms with van der Waals surface area (Å²) in [4.78, 5) is 12.4. The highest BCUT2D eigenvalue weighted by atomic mass is 16.6. The number of fused-ring (bicyclic) bond motifs is 1. The first-order valence-electron chi connectivity index (χ1n) is 8.06. The summed E-state index contributed by atoms with van der Waals surface area (Å²) in [5.41, 5.74) is 1.03. The lowest BCUT2D eigenvalue weighted by atomic mass is 10.2. The zero-order valence-corrected chi connectivity index (χ0v) is 14.4. The Balaban J connectivity index is 1.68. The maximum atomic E-state index is 12.4. The molecule has 2 aromatic rings. The molecule has 2 aromatic carbocycles. The van der Waals surface area contributed by atoms with Gasteiger partial charge in [0.25, 0.3) is 5.91 Å². The number of rotatable bonds is 5. The minimum atomic E-state index is -0.773. The summed E-state index contributed by atoms with van der Waals surface area (Å²) in [5, 5.41) is 11.7. The van der Waals surface area contributed by atoms with E-state index in [1.54, 1.807) is 43.3 Å². The van der Waals surface area contributed by atoms with E-state index in [-0.39, 0.29) is 5.91 Å². The monoisotopic (exact) mass is 354 g/mol. The molecule has 1 aliphatic heterocycles. The quantitative estimate of drug-likeness (QED) is 0.888. The van der Waals surface area contributed by atoms with E-state index < -0.39 is 6.10 Å². The normalized spacial score (nSPS) is 13.3. The van der Waals surface area contributed by atoms with Gasteiger partial charge in [0.05, 0.1) is 18.7 Å². The molecule has 1 amide bonds. The second-order valence-electron chi connectivity index (χ2n) is 5.59. The summed E-state index contributed by atoms with van der Waals surface area (Å²) in [6.07, 6.45) is -0.773. The SMILES string of the molecule is COc1cc(C#N)ccc1O[C@@H](C)C(=O)Nc1ccc2c(c1)OCCO2. The molecule has 134 valence electrons. The zero-order valence-electron chi connectivity index (χ0n) is 14.4. The van der Waals surface area contributed by atoms with Crippen molar-refractivity contribution in [3.05, 3.63) is 42.0 Å². The number of anilines is 1. The number of hydrogen-bond donors (Lipinski definition) is 1. The van der Waals surface area contributed by atoms with Gasteiger partial charge in [-0.2, -0.15) is 5.26 Å². The van der Waals surface area contributed by atoms with Crippen LogP contribution in [0.2, 0.25) is 0 Å². The van der Waals surface area contributed by atoms with Crippen molar-refractivity contribution in [2.45, 2.75) is 13.0 Å². The molecule has 0 aromatic heterocycles. The van der Waals surface area contributed by atoms with Crippen molar-refractivity contribution < 1.29 is 23.7 Å². The van der Waals surface area contributed by atoms with E-state index in [2.05, 4.69) is 5.32 Å². The van der Waals surface area contributed by atoms with Crippen LogP contribution in [0.5, 0.6) is 23.0 Å². The van der Waals surface area contributed by atoms with Gasteiger partial charge >= 0.3 is 0 Å². The Morgan fingerprint density at radius 2 is 1.92 bits per heavy atom. The molecule has 3 rings (SSSR count). The molecular weight excluding hydrogens is 336 g/mol. The van der Waals surface area contributed by atoms with Crippen molar-refractivity contribution in [3.8, 4) is 29.1 Å². The van der Waals surface area contributed by atoms with Gasteiger partial charge in [-0.25, -0.2) is 0 Å². The second kappa shape index (κ2) is 7.66. The van der Waals surface area contributed by atoms with Gasteiger partial charge in [0.2, 0.25) is 0 Å². The molecule has 1 heterocycles. The van der Waals surface area contributed by atoms with Crippen LogP contribution in [-0.4, -0.2) is 32.3 Å². The van der Waals surface area contributed by atoms with Crippen LogP contribution < -0.4 is 24.3 Å². The number of benzene rings is 2. The fourth-order valence-electron chi connectivity index (χ4n) is 2.44. The zero-order chi connectivity index (χ0) is 18.5. The van der Waals surface area contributed by atoms with E-state index >= 15 is 0 Å². The third-order valence-corrected chi connectivity index (χ3v) is 3.78. The van der Waals surface area contributed by atoms with Crippen LogP contribution in [0.1, 0.15) is 12.5 Å². The number of methoxy groups -OCH3 is 1. The Kier molecular flexibility index (Phi) is 5.13. The molecule has 1 aliphatic rings. The molecule has 0 saturated heterocycles. The molecule has 7 nitrogen and oxygen atoms in total. The second-order valence-corrected chi connectivity index (χ2v) is 5.59. The van der Waals surface area contributed by atoms with E-state index in [9.17, 15) is 4.79 Å². The fraction of sp³-hybridized carbons (Fsp3) is 0.263. The van der Waals surface area contributed by atoms with Gasteiger partial charge in [-0.3, -0.25) is 4.79 Å². The number of ether oxygens (including phenoxy) is 4. The first-order chi connectivity index (χ1) is 12.6. The predicted molar refractivity (Wildman–Crippen MR) is 93.9 cm³/mol. The van der Waals surface area contributed by atoms with Crippen molar-refractivity contribution in [3.63, 3.8) is 0 Å². The van der Waals surface area contributed by atoms with Gasteiger partial charge in [-0.05, 0) is 31.2 Å². The van der Waals surface area contributed by atoms with E-state index in [1.165, 1.54) is 7.11 Å². The Morgan fingerprint density at radius 1 is 1.15 bits per heavy atom. The van der Waals surface area contributed by atoms with Crippen molar-refractivity contribution in [1.29, 1.82) is 5.26 Å². The first-order valence-corrected chi connectivity index (χ1v) is 8.06. The maximum absolute atomic E-state index is 12.4. The van der Waals surface area contributed by atoms with Gasteiger partial charge in [-0.15, -0.1) is 0 Å². The molecule has 0 aliphatic carbocycles. The van der Waals surface area contributed by atoms with Gasteiger partial charge in [-0.1, -0.05) is 0 Å². The van der Waals surface area contributed by atoms with Crippen LogP contribution in [0, 0.1) is 11.3 Å². The fourth-order valence-corrected chi connectivity index (χ4v) is 2.44. The molecule has 26 heavy (non-hydrogen) atoms. The Hall–Kier alpha value is -3.40. The molecule has 0 spiro atoms. The highest BCUT2D eigenvalue weighted by Gasteiger charge is 2.19. The third-order valence-electron chi connectivity index (χ3n) is 3.78. The van der Waals surface area contributed by atoms with E-state index in [1.807, 2.05) is 6.07 Å². The van der Waals surface area contributed by atoms with Gasteiger partial charge in [0, 0.05) is 17.8 Å². The van der Waals surface area contributed by atoms with E-state index in [0.29, 0.717) is 47.5 Å². The molecule has 0 bridgehead atoms. The van der Waals surface area contributed by atoms with Gasteiger partial charge in [0.1, 0.15) is 13.2 Å². The van der Waals surface area contributed by atoms with Crippen molar-refractivity contribution in [1.82, 2.24) is 0 Å². The maximum Gasteiger partial charge on any atom is 0.265 e. The Labute approximate surface area is 151 Å². The molecule has 0 saturated carbocycles. The summed E-state index contributed by atoms with van der Waals surface area (Å²) in [5.74, 6) is 1.70. The molecule has 1 N–H and O–H groups in total. The van der Waals surface area contributed by atoms with Crippen molar-refractivity contribution >= 4 is 11.6 Å². The molecule has 7 heteroatoms. The molecular formula is C19H18N2O5. The lowest BCUT2D eigenvalue weighted by Gasteiger charge is -2.20. The van der Waals surface area contributed by atoms with Crippen LogP contribution in [0.15, 0.2) is 36.4 Å². The van der Waals surface area contributed by atoms with Crippen LogP contribution in [0.4, 0.5) is 5.69 Å². The summed E-state index contributed by atoms with van der Waals surface area (Å²) in [6.45, 7) is 2.61. The molecule has 0 fully saturated rings. The summed E-state index contributed by atoms with van der Waals surface area (Å²) >= 11 is 0. The third kappa shape index (κ3) is 3.81. The van der Waals surface area contributed by atoms with Crippen LogP contribution >= 0.6 is 0 Å². The minimum Gasteiger partial charge on any atom is -0.493 e. The Morgan fingerprint density at radius 3 is 2.65 bits per heavy atom.